The number of amides is 1. The van der Waals surface area contributed by atoms with Gasteiger partial charge >= 0.3 is 0 Å². The molecular weight excluding hydrogens is 354 g/mol. The molecule has 150 valence electrons. The van der Waals surface area contributed by atoms with Gasteiger partial charge in [-0.2, -0.15) is 0 Å². The summed E-state index contributed by atoms with van der Waals surface area (Å²) in [4.78, 5) is 18.5. The molecule has 1 aliphatic heterocycles. The molecule has 0 atom stereocenters. The van der Waals surface area contributed by atoms with Gasteiger partial charge in [0, 0.05) is 32.2 Å². The van der Waals surface area contributed by atoms with Gasteiger partial charge in [-0.1, -0.05) is 24.3 Å². The molecule has 1 heterocycles. The fourth-order valence-electron chi connectivity index (χ4n) is 3.57. The molecule has 2 aliphatic rings. The Kier molecular flexibility index (Phi) is 7.33. The van der Waals surface area contributed by atoms with E-state index in [1.54, 1.807) is 12.3 Å². The largest absolute Gasteiger partial charge is 0.393 e. The van der Waals surface area contributed by atoms with Gasteiger partial charge in [0.1, 0.15) is 12.1 Å². The number of carbonyl (C=O) groups excluding carboxylic acids is 1. The summed E-state index contributed by atoms with van der Waals surface area (Å²) in [5.41, 5.74) is 3.04. The zero-order chi connectivity index (χ0) is 19.8. The summed E-state index contributed by atoms with van der Waals surface area (Å²) in [6.45, 7) is 3.53. The van der Waals surface area contributed by atoms with Crippen LogP contribution in [0.1, 0.15) is 30.4 Å². The highest BCUT2D eigenvalue weighted by Gasteiger charge is 2.25. The molecular formula is C21H29N5O2. The van der Waals surface area contributed by atoms with E-state index in [9.17, 15) is 9.90 Å². The fraction of sp³-hybridized carbons (Fsp3) is 0.476. The van der Waals surface area contributed by atoms with Crippen LogP contribution in [0.4, 0.5) is 0 Å². The standard InChI is InChI=1S/C21H29N5O2/c22-15-25-20(6-9-23-18-12-19(27)13-18)21(28)24-8-3-10-26-11-7-16-4-1-2-5-17(16)14-26/h1-2,4-6,9,15,18-19,22-23,27H,3,7-8,10-14H2,(H,24,28)/b9-6+,22-15?,25-20+. The molecule has 4 N–H and O–H groups in total. The minimum Gasteiger partial charge on any atom is -0.393 e. The average molecular weight is 383 g/mol. The Bertz CT molecular complexity index is 740. The summed E-state index contributed by atoms with van der Waals surface area (Å²) in [7, 11) is 0. The number of hydrogen-bond donors (Lipinski definition) is 4. The first-order chi connectivity index (χ1) is 13.7. The number of carbonyl (C=O) groups is 1. The van der Waals surface area contributed by atoms with Gasteiger partial charge in [0.25, 0.3) is 5.91 Å². The number of rotatable bonds is 9. The summed E-state index contributed by atoms with van der Waals surface area (Å²) < 4.78 is 0. The van der Waals surface area contributed by atoms with E-state index in [2.05, 4.69) is 44.8 Å². The normalized spacial score (nSPS) is 22.4. The quantitative estimate of drug-likeness (QED) is 0.293. The summed E-state index contributed by atoms with van der Waals surface area (Å²) in [5.74, 6) is -0.279. The highest BCUT2D eigenvalue weighted by atomic mass is 16.3. The van der Waals surface area contributed by atoms with Gasteiger partial charge in [-0.25, -0.2) is 4.99 Å². The van der Waals surface area contributed by atoms with E-state index in [-0.39, 0.29) is 23.8 Å². The number of aliphatic hydroxyl groups excluding tert-OH is 1. The first kappa shape index (κ1) is 20.2. The van der Waals surface area contributed by atoms with Gasteiger partial charge in [-0.15, -0.1) is 0 Å². The molecule has 0 bridgehead atoms. The summed E-state index contributed by atoms with van der Waals surface area (Å²) in [6.07, 6.45) is 7.27. The van der Waals surface area contributed by atoms with Gasteiger partial charge in [0.2, 0.25) is 0 Å². The summed E-state index contributed by atoms with van der Waals surface area (Å²) >= 11 is 0. The smallest absolute Gasteiger partial charge is 0.270 e. The molecule has 0 saturated heterocycles. The van der Waals surface area contributed by atoms with Gasteiger partial charge in [0.05, 0.1) is 6.10 Å². The van der Waals surface area contributed by atoms with Crippen LogP contribution < -0.4 is 10.6 Å². The maximum absolute atomic E-state index is 12.3. The van der Waals surface area contributed by atoms with Crippen LogP contribution in [-0.4, -0.2) is 59.7 Å². The van der Waals surface area contributed by atoms with Crippen molar-refractivity contribution in [1.82, 2.24) is 15.5 Å². The predicted octanol–water partition coefficient (Wildman–Crippen LogP) is 1.23. The molecule has 1 aromatic carbocycles. The second-order valence-corrected chi connectivity index (χ2v) is 7.37. The predicted molar refractivity (Wildman–Crippen MR) is 111 cm³/mol. The molecule has 0 radical (unpaired) electrons. The first-order valence-corrected chi connectivity index (χ1v) is 9.90. The van der Waals surface area contributed by atoms with Gasteiger partial charge in [-0.05, 0) is 49.1 Å². The minimum atomic E-state index is -0.279. The Balaban J connectivity index is 1.37. The number of nitrogens with one attached hydrogen (secondary N) is 3. The van der Waals surface area contributed by atoms with Crippen LogP contribution in [0.15, 0.2) is 41.5 Å². The van der Waals surface area contributed by atoms with Gasteiger partial charge < -0.3 is 15.7 Å². The molecule has 28 heavy (non-hydrogen) atoms. The van der Waals surface area contributed by atoms with Crippen molar-refractivity contribution in [2.45, 2.75) is 44.4 Å². The molecule has 1 fully saturated rings. The van der Waals surface area contributed by atoms with E-state index in [0.717, 1.165) is 38.8 Å². The zero-order valence-corrected chi connectivity index (χ0v) is 16.1. The number of aliphatic hydroxyl groups is 1. The highest BCUT2D eigenvalue weighted by molar-refractivity contribution is 6.44. The maximum Gasteiger partial charge on any atom is 0.270 e. The van der Waals surface area contributed by atoms with Crippen molar-refractivity contribution < 1.29 is 9.90 Å². The SMILES string of the molecule is N=C/N=C(\C=C\NC1CC(O)C1)C(=O)NCCCN1CCc2ccccc2C1. The van der Waals surface area contributed by atoms with Crippen LogP contribution in [0.25, 0.3) is 0 Å². The van der Waals surface area contributed by atoms with Crippen molar-refractivity contribution in [2.75, 3.05) is 19.6 Å². The summed E-state index contributed by atoms with van der Waals surface area (Å²) in [6, 6.07) is 8.81. The third-order valence-electron chi connectivity index (χ3n) is 5.27. The van der Waals surface area contributed by atoms with E-state index < -0.39 is 0 Å². The number of aliphatic imine (C=N–C) groups is 1. The summed E-state index contributed by atoms with van der Waals surface area (Å²) in [5, 5.41) is 22.4. The molecule has 1 saturated carbocycles. The molecule has 3 rings (SSSR count). The molecule has 7 nitrogen and oxygen atoms in total. The van der Waals surface area contributed by atoms with E-state index in [1.807, 2.05) is 0 Å². The Hall–Kier alpha value is -2.51. The number of benzene rings is 1. The van der Waals surface area contributed by atoms with E-state index in [0.29, 0.717) is 19.4 Å². The maximum atomic E-state index is 12.3. The Morgan fingerprint density at radius 3 is 2.86 bits per heavy atom. The third-order valence-corrected chi connectivity index (χ3v) is 5.27. The monoisotopic (exact) mass is 383 g/mol. The highest BCUT2D eigenvalue weighted by Crippen LogP contribution is 2.19. The lowest BCUT2D eigenvalue weighted by molar-refractivity contribution is -0.114. The van der Waals surface area contributed by atoms with Crippen LogP contribution in [0, 0.1) is 5.41 Å². The van der Waals surface area contributed by atoms with Crippen LogP contribution >= 0.6 is 0 Å². The molecule has 0 aromatic heterocycles. The first-order valence-electron chi connectivity index (χ1n) is 9.90. The van der Waals surface area contributed by atoms with Gasteiger partial charge in [0.15, 0.2) is 0 Å². The number of fused-ring (bicyclic) bond motifs is 1. The molecule has 1 aliphatic carbocycles. The fourth-order valence-corrected chi connectivity index (χ4v) is 3.57. The van der Waals surface area contributed by atoms with Gasteiger partial charge in [-0.3, -0.25) is 15.1 Å². The lowest BCUT2D eigenvalue weighted by atomic mass is 9.90. The number of hydrogen-bond acceptors (Lipinski definition) is 5. The lowest BCUT2D eigenvalue weighted by Gasteiger charge is -2.31. The Morgan fingerprint density at radius 2 is 2.11 bits per heavy atom. The topological polar surface area (TPSA) is 101 Å². The van der Waals surface area contributed by atoms with Crippen molar-refractivity contribution in [3.63, 3.8) is 0 Å². The molecule has 7 heteroatoms. The zero-order valence-electron chi connectivity index (χ0n) is 16.1. The lowest BCUT2D eigenvalue weighted by Crippen LogP contribution is -2.42. The molecule has 0 spiro atoms. The van der Waals surface area contributed by atoms with Crippen molar-refractivity contribution >= 4 is 18.0 Å². The van der Waals surface area contributed by atoms with Crippen LogP contribution in [0.2, 0.25) is 0 Å². The van der Waals surface area contributed by atoms with Crippen LogP contribution in [0.5, 0.6) is 0 Å². The van der Waals surface area contributed by atoms with Crippen molar-refractivity contribution in [3.8, 4) is 0 Å². The second-order valence-electron chi connectivity index (χ2n) is 7.37. The number of nitrogens with zero attached hydrogens (tertiary/aromatic N) is 2. The second kappa shape index (κ2) is 10.1. The van der Waals surface area contributed by atoms with Crippen LogP contribution in [-0.2, 0) is 17.8 Å². The van der Waals surface area contributed by atoms with E-state index in [1.165, 1.54) is 11.1 Å². The van der Waals surface area contributed by atoms with Crippen molar-refractivity contribution in [2.24, 2.45) is 4.99 Å². The molecule has 1 aromatic rings. The Labute approximate surface area is 166 Å². The minimum absolute atomic E-state index is 0.203. The van der Waals surface area contributed by atoms with Crippen molar-refractivity contribution in [3.05, 3.63) is 47.7 Å². The average Bonchev–Trinajstić information content (AvgIpc) is 2.68. The van der Waals surface area contributed by atoms with E-state index >= 15 is 0 Å². The molecule has 1 amide bonds. The Morgan fingerprint density at radius 1 is 1.32 bits per heavy atom. The molecule has 0 unspecified atom stereocenters. The van der Waals surface area contributed by atoms with E-state index in [4.69, 9.17) is 5.41 Å². The van der Waals surface area contributed by atoms with Crippen LogP contribution in [0.3, 0.4) is 0 Å². The van der Waals surface area contributed by atoms with Crippen molar-refractivity contribution in [1.29, 1.82) is 5.41 Å². The third kappa shape index (κ3) is 5.74.